The third-order valence-corrected chi connectivity index (χ3v) is 7.34. The lowest BCUT2D eigenvalue weighted by Crippen LogP contribution is -2.23. The van der Waals surface area contributed by atoms with E-state index in [1.807, 2.05) is 0 Å². The lowest BCUT2D eigenvalue weighted by atomic mass is 9.88. The van der Waals surface area contributed by atoms with Gasteiger partial charge >= 0.3 is 0 Å². The molecule has 1 aliphatic carbocycles. The van der Waals surface area contributed by atoms with Crippen LogP contribution in [0.4, 0.5) is 0 Å². The highest BCUT2D eigenvalue weighted by molar-refractivity contribution is 6.76. The minimum Gasteiger partial charge on any atom is -0.0839 e. The van der Waals surface area contributed by atoms with Crippen LogP contribution in [0.5, 0.6) is 0 Å². The van der Waals surface area contributed by atoms with E-state index in [2.05, 4.69) is 57.5 Å². The van der Waals surface area contributed by atoms with Gasteiger partial charge in [0.05, 0.1) is 0 Å². The molecule has 0 amide bonds. The van der Waals surface area contributed by atoms with Gasteiger partial charge in [-0.25, -0.2) is 0 Å². The Morgan fingerprint density at radius 1 is 1.00 bits per heavy atom. The van der Waals surface area contributed by atoms with Crippen LogP contribution in [0.1, 0.15) is 19.3 Å². The molecule has 0 spiro atoms. The van der Waals surface area contributed by atoms with Crippen molar-refractivity contribution in [1.82, 2.24) is 0 Å². The minimum absolute atomic E-state index is 0.859. The number of hydrogen-bond acceptors (Lipinski definition) is 0. The summed E-state index contributed by atoms with van der Waals surface area (Å²) in [6.45, 7) is 15.0. The van der Waals surface area contributed by atoms with Crippen LogP contribution < -0.4 is 0 Å². The average molecular weight is 281 g/mol. The maximum Gasteiger partial charge on any atom is 0.0445 e. The SMILES string of the molecule is C[Si](C)(C)CCC1=CC=CCC1CC[Si](C)(C)C. The maximum atomic E-state index is 2.50. The summed E-state index contributed by atoms with van der Waals surface area (Å²) in [4.78, 5) is 0. The molecule has 1 aliphatic rings. The van der Waals surface area contributed by atoms with Gasteiger partial charge in [-0.3, -0.25) is 0 Å². The van der Waals surface area contributed by atoms with Gasteiger partial charge in [-0.15, -0.1) is 0 Å². The first-order valence-corrected chi connectivity index (χ1v) is 14.9. The highest BCUT2D eigenvalue weighted by Crippen LogP contribution is 2.32. The van der Waals surface area contributed by atoms with Gasteiger partial charge in [0.15, 0.2) is 0 Å². The van der Waals surface area contributed by atoms with Crippen molar-refractivity contribution in [2.24, 2.45) is 5.92 Å². The second kappa shape index (κ2) is 6.38. The van der Waals surface area contributed by atoms with Crippen molar-refractivity contribution >= 4 is 16.1 Å². The van der Waals surface area contributed by atoms with Crippen LogP contribution in [0.2, 0.25) is 51.4 Å². The Morgan fingerprint density at radius 2 is 1.61 bits per heavy atom. The standard InChI is InChI=1S/C16H32Si2/c1-17(2,3)13-11-15-9-7-8-10-16(15)12-14-18(4,5)6/h7-9,16H,10-14H2,1-6H3. The van der Waals surface area contributed by atoms with Crippen LogP contribution >= 0.6 is 0 Å². The maximum absolute atomic E-state index is 2.50. The second-order valence-electron chi connectivity index (χ2n) is 8.26. The van der Waals surface area contributed by atoms with Crippen LogP contribution in [0.15, 0.2) is 23.8 Å². The largest absolute Gasteiger partial charge is 0.0839 e. The Kier molecular flexibility index (Phi) is 5.66. The molecular weight excluding hydrogens is 248 g/mol. The minimum atomic E-state index is -0.887. The number of hydrogen-bond donors (Lipinski definition) is 0. The molecule has 0 aromatic rings. The normalized spacial score (nSPS) is 21.0. The quantitative estimate of drug-likeness (QED) is 0.528. The van der Waals surface area contributed by atoms with Crippen molar-refractivity contribution in [3.8, 4) is 0 Å². The van der Waals surface area contributed by atoms with E-state index in [1.165, 1.54) is 31.4 Å². The van der Waals surface area contributed by atoms with Gasteiger partial charge in [0.2, 0.25) is 0 Å². The van der Waals surface area contributed by atoms with E-state index in [4.69, 9.17) is 0 Å². The van der Waals surface area contributed by atoms with Gasteiger partial charge in [0, 0.05) is 16.1 Å². The predicted molar refractivity (Wildman–Crippen MR) is 90.9 cm³/mol. The Bertz CT molecular complexity index is 313. The fourth-order valence-electron chi connectivity index (χ4n) is 2.44. The molecule has 104 valence electrons. The van der Waals surface area contributed by atoms with Crippen LogP contribution in [-0.2, 0) is 0 Å². The molecule has 0 heterocycles. The fraction of sp³-hybridized carbons (Fsp3) is 0.750. The molecular formula is C16H32Si2. The Balaban J connectivity index is 2.52. The molecule has 1 atom stereocenters. The molecule has 1 rings (SSSR count). The zero-order chi connectivity index (χ0) is 13.8. The first-order valence-electron chi connectivity index (χ1n) is 7.53. The molecule has 1 unspecified atom stereocenters. The highest BCUT2D eigenvalue weighted by atomic mass is 28.3. The smallest absolute Gasteiger partial charge is 0.0445 e. The molecule has 0 fully saturated rings. The number of allylic oxidation sites excluding steroid dienone is 4. The van der Waals surface area contributed by atoms with Crippen LogP contribution in [0.3, 0.4) is 0 Å². The summed E-state index contributed by atoms with van der Waals surface area (Å²) in [5.74, 6) is 0.859. The van der Waals surface area contributed by atoms with Crippen LogP contribution in [-0.4, -0.2) is 16.1 Å². The van der Waals surface area contributed by atoms with E-state index in [0.29, 0.717) is 0 Å². The van der Waals surface area contributed by atoms with E-state index in [-0.39, 0.29) is 0 Å². The summed E-state index contributed by atoms with van der Waals surface area (Å²) in [5.41, 5.74) is 1.75. The third-order valence-electron chi connectivity index (χ3n) is 3.80. The molecule has 0 aromatic carbocycles. The van der Waals surface area contributed by atoms with Crippen molar-refractivity contribution in [2.45, 2.75) is 70.6 Å². The first-order chi connectivity index (χ1) is 8.17. The van der Waals surface area contributed by atoms with E-state index in [0.717, 1.165) is 5.92 Å². The molecule has 2 heteroatoms. The van der Waals surface area contributed by atoms with Crippen molar-refractivity contribution in [1.29, 1.82) is 0 Å². The Hall–Kier alpha value is -0.0862. The van der Waals surface area contributed by atoms with Crippen LogP contribution in [0, 0.1) is 5.92 Å². The molecule has 0 radical (unpaired) electrons. The summed E-state index contributed by atoms with van der Waals surface area (Å²) < 4.78 is 0. The molecule has 18 heavy (non-hydrogen) atoms. The zero-order valence-corrected chi connectivity index (χ0v) is 15.3. The van der Waals surface area contributed by atoms with Crippen molar-refractivity contribution < 1.29 is 0 Å². The predicted octanol–water partition coefficient (Wildman–Crippen LogP) is 5.95. The molecule has 0 N–H and O–H groups in total. The third kappa shape index (κ3) is 6.74. The fourth-order valence-corrected chi connectivity index (χ4v) is 4.69. The van der Waals surface area contributed by atoms with Gasteiger partial charge in [-0.05, 0) is 25.2 Å². The van der Waals surface area contributed by atoms with E-state index in [9.17, 15) is 0 Å². The van der Waals surface area contributed by atoms with E-state index in [1.54, 1.807) is 5.57 Å². The summed E-state index contributed by atoms with van der Waals surface area (Å²) in [7, 11) is -1.76. The lowest BCUT2D eigenvalue weighted by Gasteiger charge is -2.27. The summed E-state index contributed by atoms with van der Waals surface area (Å²) >= 11 is 0. The first kappa shape index (κ1) is 16.0. The van der Waals surface area contributed by atoms with Gasteiger partial charge in [0.1, 0.15) is 0 Å². The van der Waals surface area contributed by atoms with Gasteiger partial charge in [-0.2, -0.15) is 0 Å². The Morgan fingerprint density at radius 3 is 2.17 bits per heavy atom. The molecule has 0 aromatic heterocycles. The van der Waals surface area contributed by atoms with Gasteiger partial charge < -0.3 is 0 Å². The van der Waals surface area contributed by atoms with Crippen molar-refractivity contribution in [2.75, 3.05) is 0 Å². The molecule has 0 saturated heterocycles. The second-order valence-corrected chi connectivity index (χ2v) is 19.5. The topological polar surface area (TPSA) is 0 Å². The molecule has 0 bridgehead atoms. The van der Waals surface area contributed by atoms with Crippen molar-refractivity contribution in [3.63, 3.8) is 0 Å². The summed E-state index contributed by atoms with van der Waals surface area (Å²) in [6, 6.07) is 2.94. The summed E-state index contributed by atoms with van der Waals surface area (Å²) in [5, 5.41) is 0. The molecule has 0 aliphatic heterocycles. The monoisotopic (exact) mass is 280 g/mol. The van der Waals surface area contributed by atoms with E-state index < -0.39 is 16.1 Å². The summed E-state index contributed by atoms with van der Waals surface area (Å²) in [6.07, 6.45) is 11.1. The lowest BCUT2D eigenvalue weighted by molar-refractivity contribution is 0.572. The van der Waals surface area contributed by atoms with Crippen molar-refractivity contribution in [3.05, 3.63) is 23.8 Å². The molecule has 0 nitrogen and oxygen atoms in total. The number of rotatable bonds is 6. The highest BCUT2D eigenvalue weighted by Gasteiger charge is 2.21. The van der Waals surface area contributed by atoms with E-state index >= 15 is 0 Å². The van der Waals surface area contributed by atoms with Gasteiger partial charge in [-0.1, -0.05) is 75.2 Å². The van der Waals surface area contributed by atoms with Crippen LogP contribution in [0.25, 0.3) is 0 Å². The van der Waals surface area contributed by atoms with Gasteiger partial charge in [0.25, 0.3) is 0 Å². The zero-order valence-electron chi connectivity index (χ0n) is 13.3. The Labute approximate surface area is 117 Å². The molecule has 0 saturated carbocycles. The average Bonchev–Trinajstić information content (AvgIpc) is 2.22.